The van der Waals surface area contributed by atoms with Crippen LogP contribution in [-0.4, -0.2) is 31.8 Å². The monoisotopic (exact) mass is 427 g/mol. The fourth-order valence-electron chi connectivity index (χ4n) is 2.60. The van der Waals surface area contributed by atoms with Crippen LogP contribution in [0.2, 0.25) is 19.6 Å². The summed E-state index contributed by atoms with van der Waals surface area (Å²) in [6.45, 7) is 6.98. The van der Waals surface area contributed by atoms with Crippen molar-refractivity contribution in [1.29, 1.82) is 0 Å². The topological polar surface area (TPSA) is 58.6 Å². The van der Waals surface area contributed by atoms with E-state index in [0.717, 1.165) is 22.5 Å². The Balaban J connectivity index is 2.14. The first-order valence-corrected chi connectivity index (χ1v) is 14.0. The molecule has 2 unspecified atom stereocenters. The van der Waals surface area contributed by atoms with Gasteiger partial charge in [0.25, 0.3) is 0 Å². The Labute approximate surface area is 179 Å². The van der Waals surface area contributed by atoms with Gasteiger partial charge in [0.15, 0.2) is 0 Å². The van der Waals surface area contributed by atoms with E-state index >= 15 is 0 Å². The zero-order chi connectivity index (χ0) is 21.1. The van der Waals surface area contributed by atoms with Crippen molar-refractivity contribution < 1.29 is 14.1 Å². The van der Waals surface area contributed by atoms with Crippen LogP contribution in [0.1, 0.15) is 12.0 Å². The Morgan fingerprint density at radius 1 is 1.10 bits per heavy atom. The van der Waals surface area contributed by atoms with Crippen molar-refractivity contribution in [3.05, 3.63) is 66.2 Å². The number of rotatable bonds is 9. The van der Waals surface area contributed by atoms with Gasteiger partial charge < -0.3 is 9.29 Å². The van der Waals surface area contributed by atoms with Gasteiger partial charge in [-0.05, 0) is 24.1 Å². The summed E-state index contributed by atoms with van der Waals surface area (Å²) in [5.41, 5.74) is 4.47. The molecule has 2 atom stereocenters. The fourth-order valence-corrected chi connectivity index (χ4v) is 3.76. The van der Waals surface area contributed by atoms with Crippen molar-refractivity contribution in [1.82, 2.24) is 5.32 Å². The van der Waals surface area contributed by atoms with Gasteiger partial charge in [-0.3, -0.25) is 10.1 Å². The Morgan fingerprint density at radius 3 is 2.31 bits per heavy atom. The van der Waals surface area contributed by atoms with E-state index in [4.69, 9.17) is 4.18 Å². The highest BCUT2D eigenvalue weighted by atomic mass is 32.2. The van der Waals surface area contributed by atoms with E-state index < -0.39 is 20.0 Å². The number of carbonyl (C=O) groups excluding carboxylic acids is 1. The summed E-state index contributed by atoms with van der Waals surface area (Å²) in [4.78, 5) is 13.7. The van der Waals surface area contributed by atoms with Crippen LogP contribution in [0.4, 0.5) is 0 Å². The maximum absolute atomic E-state index is 12.8. The van der Waals surface area contributed by atoms with Gasteiger partial charge >= 0.3 is 5.97 Å². The van der Waals surface area contributed by atoms with E-state index in [2.05, 4.69) is 36.4 Å². The van der Waals surface area contributed by atoms with Crippen LogP contribution < -0.4 is 5.32 Å². The van der Waals surface area contributed by atoms with E-state index in [1.165, 1.54) is 0 Å². The van der Waals surface area contributed by atoms with Crippen molar-refractivity contribution in [2.75, 3.05) is 6.61 Å². The number of benzene rings is 2. The summed E-state index contributed by atoms with van der Waals surface area (Å²) in [6.07, 6.45) is 0.293. The molecule has 0 aliphatic rings. The van der Waals surface area contributed by atoms with Crippen molar-refractivity contribution in [2.24, 2.45) is 5.92 Å². The van der Waals surface area contributed by atoms with Gasteiger partial charge in [0.2, 0.25) is 0 Å². The van der Waals surface area contributed by atoms with Crippen LogP contribution in [-0.2, 0) is 15.5 Å². The van der Waals surface area contributed by atoms with Gasteiger partial charge in [-0.15, -0.1) is 5.54 Å². The maximum Gasteiger partial charge on any atom is 0.324 e. The van der Waals surface area contributed by atoms with Crippen LogP contribution in [0, 0.1) is 17.4 Å². The molecule has 2 N–H and O–H groups in total. The molecule has 0 spiro atoms. The normalized spacial score (nSPS) is 13.1. The molecule has 0 fully saturated rings. The molecule has 2 aromatic carbocycles. The molecule has 6 heteroatoms. The Kier molecular flexibility index (Phi) is 9.49. The maximum atomic E-state index is 12.8. The first kappa shape index (κ1) is 23.2. The Morgan fingerprint density at radius 2 is 1.72 bits per heavy atom. The zero-order valence-electron chi connectivity index (χ0n) is 17.2. The van der Waals surface area contributed by atoms with E-state index in [9.17, 15) is 9.90 Å². The lowest BCUT2D eigenvalue weighted by Crippen LogP contribution is -2.40. The lowest BCUT2D eigenvalue weighted by molar-refractivity contribution is -0.138. The molecular formula is C23H29NO3SSi. The first-order chi connectivity index (χ1) is 13.9. The van der Waals surface area contributed by atoms with Gasteiger partial charge in [-0.2, -0.15) is 0 Å². The predicted molar refractivity (Wildman–Crippen MR) is 122 cm³/mol. The fraction of sp³-hybridized carbons (Fsp3) is 0.348. The minimum atomic E-state index is -1.62. The molecule has 2 rings (SSSR count). The van der Waals surface area contributed by atoms with Crippen molar-refractivity contribution in [3.8, 4) is 11.5 Å². The molecule has 0 radical (unpaired) electrons. The van der Waals surface area contributed by atoms with E-state index in [-0.39, 0.29) is 12.6 Å². The molecule has 0 amide bonds. The molecule has 0 aliphatic carbocycles. The largest absolute Gasteiger partial charge is 0.396 e. The van der Waals surface area contributed by atoms with E-state index in [1.54, 1.807) is 0 Å². The minimum Gasteiger partial charge on any atom is -0.396 e. The molecule has 0 bridgehead atoms. The molecular weight excluding hydrogens is 398 g/mol. The van der Waals surface area contributed by atoms with E-state index in [1.807, 2.05) is 60.7 Å². The summed E-state index contributed by atoms with van der Waals surface area (Å²) in [5.74, 6) is 2.35. The lowest BCUT2D eigenvalue weighted by atomic mass is 9.97. The molecule has 0 aromatic heterocycles. The quantitative estimate of drug-likeness (QED) is 0.355. The average molecular weight is 428 g/mol. The van der Waals surface area contributed by atoms with Crippen LogP contribution in [0.5, 0.6) is 0 Å². The second kappa shape index (κ2) is 11.8. The summed E-state index contributed by atoms with van der Waals surface area (Å²) in [7, 11) is -1.62. The Bertz CT molecular complexity index is 813. The summed E-state index contributed by atoms with van der Waals surface area (Å²) in [5, 5.41) is 13.0. The standard InChI is InChI=1S/C23H29NO3SSi/c1-29(2,3)17-15-22(24-18-19-10-6-4-7-11-19)21(14-16-25)23(26)27-28-20-12-8-5-9-13-20/h4-13,21-22,24-25H,14,16,18H2,1-3H3. The number of nitrogens with one attached hydrogen (secondary N) is 1. The highest BCUT2D eigenvalue weighted by molar-refractivity contribution is 7.95. The molecule has 0 saturated heterocycles. The van der Waals surface area contributed by atoms with Gasteiger partial charge in [0, 0.05) is 18.0 Å². The van der Waals surface area contributed by atoms with Crippen LogP contribution in [0.15, 0.2) is 65.6 Å². The molecule has 2 aromatic rings. The number of carbonyl (C=O) groups is 1. The van der Waals surface area contributed by atoms with Crippen molar-refractivity contribution >= 4 is 26.1 Å². The average Bonchev–Trinajstić information content (AvgIpc) is 2.71. The molecule has 4 nitrogen and oxygen atoms in total. The number of hydrogen-bond acceptors (Lipinski definition) is 5. The smallest absolute Gasteiger partial charge is 0.324 e. The second-order valence-electron chi connectivity index (χ2n) is 7.78. The lowest BCUT2D eigenvalue weighted by Gasteiger charge is -2.22. The highest BCUT2D eigenvalue weighted by Gasteiger charge is 2.29. The zero-order valence-corrected chi connectivity index (χ0v) is 19.0. The SMILES string of the molecule is C[Si](C)(C)C#CC(NCc1ccccc1)C(CCO)C(=O)OSc1ccccc1. The van der Waals surface area contributed by atoms with Gasteiger partial charge in [-0.1, -0.05) is 74.1 Å². The van der Waals surface area contributed by atoms with Crippen LogP contribution >= 0.6 is 12.0 Å². The summed E-state index contributed by atoms with van der Waals surface area (Å²) < 4.78 is 5.48. The number of hydrogen-bond donors (Lipinski definition) is 2. The first-order valence-electron chi connectivity index (χ1n) is 9.73. The molecule has 0 aliphatic heterocycles. The molecule has 0 saturated carbocycles. The van der Waals surface area contributed by atoms with Crippen molar-refractivity contribution in [3.63, 3.8) is 0 Å². The van der Waals surface area contributed by atoms with Crippen LogP contribution in [0.25, 0.3) is 0 Å². The third-order valence-corrected chi connectivity index (χ3v) is 5.69. The van der Waals surface area contributed by atoms with E-state index in [0.29, 0.717) is 13.0 Å². The van der Waals surface area contributed by atoms with Crippen molar-refractivity contribution in [2.45, 2.75) is 43.5 Å². The van der Waals surface area contributed by atoms with Gasteiger partial charge in [0.1, 0.15) is 8.07 Å². The third kappa shape index (κ3) is 8.88. The molecule has 0 heterocycles. The van der Waals surface area contributed by atoms with Gasteiger partial charge in [-0.25, -0.2) is 0 Å². The molecule has 154 valence electrons. The minimum absolute atomic E-state index is 0.103. The van der Waals surface area contributed by atoms with Gasteiger partial charge in [0.05, 0.1) is 24.0 Å². The van der Waals surface area contributed by atoms with Crippen LogP contribution in [0.3, 0.4) is 0 Å². The Hall–Kier alpha value is -2.04. The highest BCUT2D eigenvalue weighted by Crippen LogP contribution is 2.22. The third-order valence-electron chi connectivity index (χ3n) is 4.08. The second-order valence-corrected chi connectivity index (χ2v) is 13.3. The summed E-state index contributed by atoms with van der Waals surface area (Å²) >= 11 is 1.04. The summed E-state index contributed by atoms with van der Waals surface area (Å²) in [6, 6.07) is 19.1. The molecule has 29 heavy (non-hydrogen) atoms. The number of aliphatic hydroxyl groups is 1. The number of aliphatic hydroxyl groups excluding tert-OH is 1. The predicted octanol–water partition coefficient (Wildman–Crippen LogP) is 4.27.